The predicted molar refractivity (Wildman–Crippen MR) is 93.4 cm³/mol. The SMILES string of the molecule is Cn1ccc(C(=O)N2Cc3cncn3CC(COc3cccnc3)C2)n1. The minimum Gasteiger partial charge on any atom is -0.492 e. The van der Waals surface area contributed by atoms with Gasteiger partial charge in [-0.2, -0.15) is 5.10 Å². The fraction of sp³-hybridized carbons (Fsp3) is 0.333. The molecule has 0 saturated carbocycles. The Morgan fingerprint density at radius 1 is 1.27 bits per heavy atom. The highest BCUT2D eigenvalue weighted by atomic mass is 16.5. The molecular weight excluding hydrogens is 332 g/mol. The van der Waals surface area contributed by atoms with Gasteiger partial charge in [-0.3, -0.25) is 14.5 Å². The minimum atomic E-state index is -0.0772. The largest absolute Gasteiger partial charge is 0.492 e. The van der Waals surface area contributed by atoms with Gasteiger partial charge in [0.1, 0.15) is 11.4 Å². The molecule has 0 fully saturated rings. The van der Waals surface area contributed by atoms with E-state index < -0.39 is 0 Å². The van der Waals surface area contributed by atoms with Gasteiger partial charge in [-0.15, -0.1) is 0 Å². The van der Waals surface area contributed by atoms with Crippen molar-refractivity contribution in [1.29, 1.82) is 0 Å². The highest BCUT2D eigenvalue weighted by Gasteiger charge is 2.27. The number of nitrogens with zero attached hydrogens (tertiary/aromatic N) is 6. The summed E-state index contributed by atoms with van der Waals surface area (Å²) in [5.74, 6) is 0.787. The van der Waals surface area contributed by atoms with Crippen molar-refractivity contribution in [3.63, 3.8) is 0 Å². The van der Waals surface area contributed by atoms with Crippen molar-refractivity contribution >= 4 is 5.91 Å². The predicted octanol–water partition coefficient (Wildman–Crippen LogP) is 1.36. The summed E-state index contributed by atoms with van der Waals surface area (Å²) in [6.45, 7) is 2.35. The van der Waals surface area contributed by atoms with Gasteiger partial charge in [0.25, 0.3) is 5.91 Å². The molecule has 8 heteroatoms. The molecule has 3 aromatic rings. The number of hydrogen-bond acceptors (Lipinski definition) is 5. The fourth-order valence-corrected chi connectivity index (χ4v) is 3.15. The second-order valence-corrected chi connectivity index (χ2v) is 6.46. The van der Waals surface area contributed by atoms with Crippen molar-refractivity contribution < 1.29 is 9.53 Å². The quantitative estimate of drug-likeness (QED) is 0.708. The number of carbonyl (C=O) groups is 1. The fourth-order valence-electron chi connectivity index (χ4n) is 3.15. The van der Waals surface area contributed by atoms with Crippen LogP contribution in [0.5, 0.6) is 5.75 Å². The van der Waals surface area contributed by atoms with Gasteiger partial charge in [-0.25, -0.2) is 4.98 Å². The van der Waals surface area contributed by atoms with E-state index in [2.05, 4.69) is 19.6 Å². The van der Waals surface area contributed by atoms with E-state index in [4.69, 9.17) is 4.74 Å². The lowest BCUT2D eigenvalue weighted by Gasteiger charge is -2.23. The van der Waals surface area contributed by atoms with Gasteiger partial charge >= 0.3 is 0 Å². The molecule has 134 valence electrons. The van der Waals surface area contributed by atoms with E-state index in [0.29, 0.717) is 25.4 Å². The van der Waals surface area contributed by atoms with E-state index in [9.17, 15) is 4.79 Å². The van der Waals surface area contributed by atoms with E-state index in [1.54, 1.807) is 42.7 Å². The third kappa shape index (κ3) is 3.44. The molecule has 0 bridgehead atoms. The van der Waals surface area contributed by atoms with Crippen molar-refractivity contribution in [1.82, 2.24) is 29.2 Å². The zero-order valence-electron chi connectivity index (χ0n) is 14.5. The Morgan fingerprint density at radius 2 is 2.19 bits per heavy atom. The highest BCUT2D eigenvalue weighted by molar-refractivity contribution is 5.92. The van der Waals surface area contributed by atoms with Gasteiger partial charge in [-0.05, 0) is 18.2 Å². The molecule has 1 aliphatic heterocycles. The van der Waals surface area contributed by atoms with Crippen molar-refractivity contribution in [3.05, 3.63) is 60.7 Å². The first-order chi connectivity index (χ1) is 12.7. The second kappa shape index (κ2) is 6.99. The van der Waals surface area contributed by atoms with Crippen LogP contribution >= 0.6 is 0 Å². The summed E-state index contributed by atoms with van der Waals surface area (Å²) in [6.07, 6.45) is 8.79. The summed E-state index contributed by atoms with van der Waals surface area (Å²) in [5.41, 5.74) is 1.46. The van der Waals surface area contributed by atoms with E-state index in [1.165, 1.54) is 0 Å². The number of rotatable bonds is 4. The van der Waals surface area contributed by atoms with E-state index in [0.717, 1.165) is 18.0 Å². The Morgan fingerprint density at radius 3 is 2.96 bits per heavy atom. The Kier molecular flexibility index (Phi) is 4.39. The van der Waals surface area contributed by atoms with Crippen LogP contribution in [0, 0.1) is 5.92 Å². The zero-order chi connectivity index (χ0) is 17.9. The lowest BCUT2D eigenvalue weighted by atomic mass is 10.1. The zero-order valence-corrected chi connectivity index (χ0v) is 14.5. The summed E-state index contributed by atoms with van der Waals surface area (Å²) in [5, 5.41) is 4.24. The maximum Gasteiger partial charge on any atom is 0.274 e. The lowest BCUT2D eigenvalue weighted by molar-refractivity contribution is 0.0694. The number of carbonyl (C=O) groups excluding carboxylic acids is 1. The summed E-state index contributed by atoms with van der Waals surface area (Å²) < 4.78 is 9.60. The summed E-state index contributed by atoms with van der Waals surface area (Å²) in [7, 11) is 1.80. The molecule has 0 saturated heterocycles. The number of hydrogen-bond donors (Lipinski definition) is 0. The number of aryl methyl sites for hydroxylation is 1. The molecule has 0 aliphatic carbocycles. The van der Waals surface area contributed by atoms with Gasteiger partial charge in [0, 0.05) is 44.6 Å². The second-order valence-electron chi connectivity index (χ2n) is 6.46. The van der Waals surface area contributed by atoms with Crippen LogP contribution in [0.25, 0.3) is 0 Å². The van der Waals surface area contributed by atoms with Gasteiger partial charge < -0.3 is 14.2 Å². The summed E-state index contributed by atoms with van der Waals surface area (Å²) in [4.78, 5) is 23.0. The van der Waals surface area contributed by atoms with Crippen LogP contribution in [-0.2, 0) is 20.1 Å². The molecule has 1 atom stereocenters. The maximum absolute atomic E-state index is 12.9. The summed E-state index contributed by atoms with van der Waals surface area (Å²) >= 11 is 0. The van der Waals surface area contributed by atoms with Crippen LogP contribution in [-0.4, -0.2) is 48.3 Å². The van der Waals surface area contributed by atoms with Crippen LogP contribution in [0.15, 0.2) is 49.3 Å². The molecule has 4 rings (SSSR count). The van der Waals surface area contributed by atoms with Crippen molar-refractivity contribution in [2.24, 2.45) is 13.0 Å². The van der Waals surface area contributed by atoms with Crippen LogP contribution in [0.1, 0.15) is 16.2 Å². The van der Waals surface area contributed by atoms with E-state index in [1.807, 2.05) is 23.2 Å². The smallest absolute Gasteiger partial charge is 0.274 e. The third-order valence-electron chi connectivity index (χ3n) is 4.42. The normalized spacial score (nSPS) is 16.8. The summed E-state index contributed by atoms with van der Waals surface area (Å²) in [6, 6.07) is 5.46. The number of aromatic nitrogens is 5. The Bertz CT molecular complexity index is 888. The molecule has 0 aromatic carbocycles. The van der Waals surface area contributed by atoms with Gasteiger partial charge in [0.05, 0.1) is 31.4 Å². The molecule has 1 amide bonds. The van der Waals surface area contributed by atoms with Gasteiger partial charge in [-0.1, -0.05) is 0 Å². The first kappa shape index (κ1) is 16.3. The molecular formula is C18H20N6O2. The van der Waals surface area contributed by atoms with E-state index in [-0.39, 0.29) is 11.8 Å². The molecule has 1 aliphatic rings. The van der Waals surface area contributed by atoms with E-state index >= 15 is 0 Å². The standard InChI is InChI=1S/C18H20N6O2/c1-22-6-4-17(21-22)18(25)23-9-14(10-24-13-20-7-15(24)11-23)12-26-16-3-2-5-19-8-16/h2-8,13-14H,9-12H2,1H3. The number of pyridine rings is 1. The first-order valence-electron chi connectivity index (χ1n) is 8.50. The highest BCUT2D eigenvalue weighted by Crippen LogP contribution is 2.19. The van der Waals surface area contributed by atoms with Crippen molar-refractivity contribution in [2.45, 2.75) is 13.1 Å². The van der Waals surface area contributed by atoms with Crippen molar-refractivity contribution in [3.8, 4) is 5.75 Å². The van der Waals surface area contributed by atoms with Gasteiger partial charge in [0.15, 0.2) is 0 Å². The maximum atomic E-state index is 12.9. The number of fused-ring (bicyclic) bond motifs is 1. The van der Waals surface area contributed by atoms with Crippen LogP contribution in [0.3, 0.4) is 0 Å². The third-order valence-corrected chi connectivity index (χ3v) is 4.42. The van der Waals surface area contributed by atoms with Crippen molar-refractivity contribution in [2.75, 3.05) is 13.2 Å². The van der Waals surface area contributed by atoms with Crippen LogP contribution < -0.4 is 4.74 Å². The molecule has 0 N–H and O–H groups in total. The average Bonchev–Trinajstić information content (AvgIpc) is 3.24. The van der Waals surface area contributed by atoms with Crippen LogP contribution in [0.4, 0.5) is 0 Å². The Labute approximate surface area is 151 Å². The van der Waals surface area contributed by atoms with Gasteiger partial charge in [0.2, 0.25) is 0 Å². The lowest BCUT2D eigenvalue weighted by Crippen LogP contribution is -2.36. The number of ether oxygens (including phenoxy) is 1. The monoisotopic (exact) mass is 352 g/mol. The molecule has 26 heavy (non-hydrogen) atoms. The Balaban J connectivity index is 1.52. The minimum absolute atomic E-state index is 0.0772. The molecule has 0 spiro atoms. The number of amides is 1. The first-order valence-corrected chi connectivity index (χ1v) is 8.50. The topological polar surface area (TPSA) is 78.1 Å². The number of imidazole rings is 1. The molecule has 3 aromatic heterocycles. The molecule has 4 heterocycles. The Hall–Kier alpha value is -3.16. The molecule has 8 nitrogen and oxygen atoms in total. The molecule has 0 radical (unpaired) electrons. The molecule has 1 unspecified atom stereocenters. The average molecular weight is 352 g/mol. The van der Waals surface area contributed by atoms with Crippen LogP contribution in [0.2, 0.25) is 0 Å².